The first-order valence-corrected chi connectivity index (χ1v) is 11.6. The van der Waals surface area contributed by atoms with Crippen molar-refractivity contribution in [3.05, 3.63) is 29.6 Å². The van der Waals surface area contributed by atoms with Crippen molar-refractivity contribution < 1.29 is 4.74 Å². The molecule has 1 aliphatic rings. The maximum atomic E-state index is 7.85. The monoisotopic (exact) mass is 411 g/mol. The molecule has 30 heavy (non-hydrogen) atoms. The lowest BCUT2D eigenvalue weighted by atomic mass is 10.0. The van der Waals surface area contributed by atoms with Gasteiger partial charge >= 0.3 is 0 Å². The average molecular weight is 412 g/mol. The Balaban J connectivity index is 1.55. The van der Waals surface area contributed by atoms with Crippen LogP contribution in [0.5, 0.6) is 5.75 Å². The minimum absolute atomic E-state index is 0.163. The number of nitrogens with two attached hydrogens (primary N) is 1. The third-order valence-corrected chi connectivity index (χ3v) is 6.28. The lowest BCUT2D eigenvalue weighted by Crippen LogP contribution is -2.28. The first kappa shape index (κ1) is 22.3. The van der Waals surface area contributed by atoms with Crippen LogP contribution in [0.2, 0.25) is 0 Å². The van der Waals surface area contributed by atoms with Gasteiger partial charge in [0.2, 0.25) is 0 Å². The third kappa shape index (κ3) is 5.41. The minimum Gasteiger partial charge on any atom is -0.496 e. The van der Waals surface area contributed by atoms with Crippen molar-refractivity contribution in [1.29, 1.82) is 5.41 Å². The number of ether oxygens (including phenoxy) is 1. The topological polar surface area (TPSA) is 101 Å². The van der Waals surface area contributed by atoms with Crippen molar-refractivity contribution in [2.24, 2.45) is 5.73 Å². The molecule has 0 aliphatic heterocycles. The van der Waals surface area contributed by atoms with Crippen LogP contribution in [0.3, 0.4) is 0 Å². The zero-order valence-corrected chi connectivity index (χ0v) is 18.6. The molecule has 1 saturated carbocycles. The van der Waals surface area contributed by atoms with E-state index in [1.165, 1.54) is 63.4 Å². The van der Waals surface area contributed by atoms with Crippen LogP contribution in [-0.2, 0) is 11.8 Å². The van der Waals surface area contributed by atoms with Gasteiger partial charge in [-0.05, 0) is 43.4 Å². The van der Waals surface area contributed by atoms with Crippen LogP contribution in [0.15, 0.2) is 18.2 Å². The highest BCUT2D eigenvalue weighted by Gasteiger charge is 2.50. The zero-order valence-electron chi connectivity index (χ0n) is 18.6. The lowest BCUT2D eigenvalue weighted by Gasteiger charge is -2.10. The molecule has 0 bridgehead atoms. The summed E-state index contributed by atoms with van der Waals surface area (Å²) in [6.45, 7) is 2.27. The zero-order chi connectivity index (χ0) is 21.4. The van der Waals surface area contributed by atoms with Gasteiger partial charge in [0, 0.05) is 0 Å². The number of nitrogens with one attached hydrogen (secondary N) is 2. The Morgan fingerprint density at radius 3 is 2.37 bits per heavy atom. The minimum atomic E-state index is -0.438. The van der Waals surface area contributed by atoms with E-state index >= 15 is 0 Å². The molecule has 4 N–H and O–H groups in total. The summed E-state index contributed by atoms with van der Waals surface area (Å²) in [5.74, 6) is 2.24. The molecular formula is C24H37N5O. The lowest BCUT2D eigenvalue weighted by molar-refractivity contribution is 0.416. The number of rotatable bonds is 14. The van der Waals surface area contributed by atoms with E-state index in [2.05, 4.69) is 34.2 Å². The van der Waals surface area contributed by atoms with Crippen molar-refractivity contribution >= 4 is 5.84 Å². The molecule has 1 aliphatic carbocycles. The van der Waals surface area contributed by atoms with E-state index in [9.17, 15) is 0 Å². The number of unbranched alkanes of at least 4 members (excludes halogenated alkanes) is 8. The van der Waals surface area contributed by atoms with Gasteiger partial charge < -0.3 is 10.5 Å². The van der Waals surface area contributed by atoms with E-state index in [0.717, 1.165) is 30.6 Å². The molecule has 1 aromatic heterocycles. The number of hydrogen-bond acceptors (Lipinski definition) is 4. The largest absolute Gasteiger partial charge is 0.496 e. The molecule has 164 valence electrons. The second-order valence-corrected chi connectivity index (χ2v) is 8.62. The van der Waals surface area contributed by atoms with Crippen molar-refractivity contribution in [3.63, 3.8) is 0 Å². The quantitative estimate of drug-likeness (QED) is 0.216. The van der Waals surface area contributed by atoms with Crippen molar-refractivity contribution in [3.8, 4) is 17.1 Å². The number of H-pyrrole nitrogens is 1. The first-order chi connectivity index (χ1) is 14.6. The van der Waals surface area contributed by atoms with Gasteiger partial charge in [-0.15, -0.1) is 0 Å². The fourth-order valence-electron chi connectivity index (χ4n) is 4.08. The predicted octanol–water partition coefficient (Wildman–Crippen LogP) is 5.52. The Bertz CT molecular complexity index is 825. The summed E-state index contributed by atoms with van der Waals surface area (Å²) in [4.78, 5) is 4.67. The molecule has 6 heteroatoms. The smallest absolute Gasteiger partial charge is 0.184 e. The highest BCUT2D eigenvalue weighted by atomic mass is 16.5. The first-order valence-electron chi connectivity index (χ1n) is 11.6. The summed E-state index contributed by atoms with van der Waals surface area (Å²) in [6.07, 6.45) is 14.8. The van der Waals surface area contributed by atoms with Crippen LogP contribution in [0.1, 0.15) is 88.9 Å². The van der Waals surface area contributed by atoms with Gasteiger partial charge in [0.25, 0.3) is 0 Å². The summed E-state index contributed by atoms with van der Waals surface area (Å²) >= 11 is 0. The molecule has 1 heterocycles. The fourth-order valence-corrected chi connectivity index (χ4v) is 4.08. The van der Waals surface area contributed by atoms with Gasteiger partial charge in [-0.2, -0.15) is 5.10 Å². The maximum Gasteiger partial charge on any atom is 0.184 e. The Morgan fingerprint density at radius 1 is 1.10 bits per heavy atom. The van der Waals surface area contributed by atoms with Crippen LogP contribution in [0.4, 0.5) is 0 Å². The van der Waals surface area contributed by atoms with Crippen LogP contribution in [0, 0.1) is 5.41 Å². The maximum absolute atomic E-state index is 7.85. The molecular weight excluding hydrogens is 374 g/mol. The van der Waals surface area contributed by atoms with Gasteiger partial charge in [0.1, 0.15) is 17.4 Å². The normalized spacial score (nSPS) is 14.6. The number of hydrogen-bond donors (Lipinski definition) is 3. The molecule has 1 aromatic carbocycles. The van der Waals surface area contributed by atoms with Crippen molar-refractivity contribution in [1.82, 2.24) is 15.2 Å². The van der Waals surface area contributed by atoms with E-state index in [0.29, 0.717) is 11.6 Å². The molecule has 2 aromatic rings. The van der Waals surface area contributed by atoms with E-state index in [1.807, 2.05) is 6.07 Å². The summed E-state index contributed by atoms with van der Waals surface area (Å²) < 4.78 is 5.55. The molecule has 0 unspecified atom stereocenters. The highest BCUT2D eigenvalue weighted by molar-refractivity contribution is 5.91. The second-order valence-electron chi connectivity index (χ2n) is 8.62. The molecule has 0 spiro atoms. The number of nitrogens with zero attached hydrogens (tertiary/aromatic N) is 2. The van der Waals surface area contributed by atoms with Crippen LogP contribution in [0.25, 0.3) is 11.4 Å². The summed E-state index contributed by atoms with van der Waals surface area (Å²) in [6, 6.07) is 6.29. The molecule has 0 saturated heterocycles. The van der Waals surface area contributed by atoms with Gasteiger partial charge in [-0.3, -0.25) is 10.5 Å². The van der Waals surface area contributed by atoms with Crippen LogP contribution < -0.4 is 10.5 Å². The van der Waals surface area contributed by atoms with Gasteiger partial charge in [0.15, 0.2) is 5.82 Å². The third-order valence-electron chi connectivity index (χ3n) is 6.28. The summed E-state index contributed by atoms with van der Waals surface area (Å²) in [7, 11) is 1.67. The van der Waals surface area contributed by atoms with Crippen molar-refractivity contribution in [2.75, 3.05) is 7.11 Å². The molecule has 6 nitrogen and oxygen atoms in total. The van der Waals surface area contributed by atoms with Gasteiger partial charge in [0.05, 0.1) is 18.1 Å². The van der Waals surface area contributed by atoms with E-state index in [4.69, 9.17) is 15.9 Å². The standard InChI is InChI=1S/C24H37N5O/c1-3-4-5-6-7-8-9-10-11-12-18-13-14-20(30-2)19(17-18)21-27-23(29-28-21)24(15-16-24)22(25)26/h13-14,17H,3-12,15-16H2,1-2H3,(H3,25,26)(H,27,28,29). The van der Waals surface area contributed by atoms with E-state index in [1.54, 1.807) is 7.11 Å². The number of aryl methyl sites for hydroxylation is 1. The number of benzene rings is 1. The molecule has 0 amide bonds. The average Bonchev–Trinajstić information content (AvgIpc) is 3.43. The van der Waals surface area contributed by atoms with E-state index in [-0.39, 0.29) is 5.84 Å². The predicted molar refractivity (Wildman–Crippen MR) is 122 cm³/mol. The number of methoxy groups -OCH3 is 1. The number of aromatic nitrogens is 3. The molecule has 0 radical (unpaired) electrons. The van der Waals surface area contributed by atoms with Crippen molar-refractivity contribution in [2.45, 2.75) is 89.4 Å². The van der Waals surface area contributed by atoms with E-state index < -0.39 is 5.41 Å². The fraction of sp³-hybridized carbons (Fsp3) is 0.625. The van der Waals surface area contributed by atoms with Gasteiger partial charge in [-0.25, -0.2) is 4.98 Å². The molecule has 3 rings (SSSR count). The Hall–Kier alpha value is -2.37. The summed E-state index contributed by atoms with van der Waals surface area (Å²) in [5, 5.41) is 15.3. The Morgan fingerprint density at radius 2 is 1.77 bits per heavy atom. The molecule has 0 atom stereocenters. The van der Waals surface area contributed by atoms with Crippen LogP contribution >= 0.6 is 0 Å². The molecule has 1 fully saturated rings. The highest BCUT2D eigenvalue weighted by Crippen LogP contribution is 2.46. The van der Waals surface area contributed by atoms with Crippen LogP contribution in [-0.4, -0.2) is 28.1 Å². The Labute approximate surface area is 180 Å². The number of aromatic amines is 1. The number of amidine groups is 1. The summed E-state index contributed by atoms with van der Waals surface area (Å²) in [5.41, 5.74) is 7.53. The Kier molecular flexibility index (Phi) is 7.88. The van der Waals surface area contributed by atoms with Gasteiger partial charge in [-0.1, -0.05) is 64.4 Å². The SMILES string of the molecule is CCCCCCCCCCCc1ccc(OC)c(-c2n[nH]c(C3(C(=N)N)CC3)n2)c1. The second kappa shape index (κ2) is 10.6.